The summed E-state index contributed by atoms with van der Waals surface area (Å²) in [6.07, 6.45) is -2.23. The summed E-state index contributed by atoms with van der Waals surface area (Å²) < 4.78 is 17.1. The standard InChI is InChI=1S/C25H23N3O7/c1-25(2,3)35-24(32)26-10-19(29)34-21-15-9-18-20-14(8-13-6-4-5-7-17(13)27-20)11-28(18)22(30)16(15)12-33-23(21)31/h4-9,21H,10-12H2,1-3H3,(H,26,32). The van der Waals surface area contributed by atoms with Gasteiger partial charge in [-0.3, -0.25) is 9.59 Å². The van der Waals surface area contributed by atoms with Gasteiger partial charge in [0.25, 0.3) is 5.56 Å². The van der Waals surface area contributed by atoms with Gasteiger partial charge in [0.2, 0.25) is 6.10 Å². The molecule has 4 heterocycles. The number of ether oxygens (including phenoxy) is 3. The Hall–Kier alpha value is -4.21. The van der Waals surface area contributed by atoms with Gasteiger partial charge in [0.15, 0.2) is 0 Å². The highest BCUT2D eigenvalue weighted by Crippen LogP contribution is 2.36. The first kappa shape index (κ1) is 22.6. The van der Waals surface area contributed by atoms with Crippen LogP contribution in [0.4, 0.5) is 4.79 Å². The third kappa shape index (κ3) is 4.23. The molecule has 2 aliphatic heterocycles. The van der Waals surface area contributed by atoms with Crippen molar-refractivity contribution in [3.8, 4) is 11.4 Å². The lowest BCUT2D eigenvalue weighted by molar-refractivity contribution is -0.171. The molecule has 0 saturated heterocycles. The fourth-order valence-corrected chi connectivity index (χ4v) is 4.20. The zero-order chi connectivity index (χ0) is 24.9. The van der Waals surface area contributed by atoms with Crippen molar-refractivity contribution in [3.63, 3.8) is 0 Å². The van der Waals surface area contributed by atoms with Crippen LogP contribution in [0.1, 0.15) is 43.6 Å². The van der Waals surface area contributed by atoms with Crippen molar-refractivity contribution < 1.29 is 28.6 Å². The van der Waals surface area contributed by atoms with Crippen LogP contribution in [0.3, 0.4) is 0 Å². The molecule has 1 atom stereocenters. The number of benzene rings is 1. The Kier molecular flexibility index (Phi) is 5.31. The maximum absolute atomic E-state index is 13.3. The molecule has 0 saturated carbocycles. The van der Waals surface area contributed by atoms with Crippen molar-refractivity contribution >= 4 is 28.9 Å². The largest absolute Gasteiger partial charge is 0.458 e. The molecule has 0 fully saturated rings. The van der Waals surface area contributed by atoms with Crippen molar-refractivity contribution in [1.29, 1.82) is 0 Å². The first-order valence-corrected chi connectivity index (χ1v) is 11.1. The van der Waals surface area contributed by atoms with Gasteiger partial charge in [-0.1, -0.05) is 18.2 Å². The number of amides is 1. The van der Waals surface area contributed by atoms with E-state index >= 15 is 0 Å². The predicted octanol–water partition coefficient (Wildman–Crippen LogP) is 2.59. The lowest BCUT2D eigenvalue weighted by Gasteiger charge is -2.25. The van der Waals surface area contributed by atoms with Gasteiger partial charge in [-0.2, -0.15) is 0 Å². The highest BCUT2D eigenvalue weighted by atomic mass is 16.6. The molecule has 0 radical (unpaired) electrons. The number of hydrogen-bond donors (Lipinski definition) is 1. The summed E-state index contributed by atoms with van der Waals surface area (Å²) in [6.45, 7) is 4.66. The van der Waals surface area contributed by atoms with Crippen molar-refractivity contribution in [2.45, 2.75) is 45.6 Å². The van der Waals surface area contributed by atoms with Crippen molar-refractivity contribution in [3.05, 3.63) is 63.4 Å². The second-order valence-electron chi connectivity index (χ2n) is 9.38. The average Bonchev–Trinajstić information content (AvgIpc) is 3.15. The minimum absolute atomic E-state index is 0.219. The third-order valence-corrected chi connectivity index (χ3v) is 5.69. The van der Waals surface area contributed by atoms with Gasteiger partial charge in [0, 0.05) is 16.5 Å². The number of fused-ring (bicyclic) bond motifs is 5. The number of alkyl carbamates (subject to hydrolysis) is 1. The lowest BCUT2D eigenvalue weighted by atomic mass is 10.00. The molecular weight excluding hydrogens is 454 g/mol. The number of hydrogen-bond acceptors (Lipinski definition) is 8. The van der Waals surface area contributed by atoms with Gasteiger partial charge in [0.1, 0.15) is 18.8 Å². The van der Waals surface area contributed by atoms with E-state index in [-0.39, 0.29) is 23.3 Å². The maximum Gasteiger partial charge on any atom is 0.408 e. The smallest absolute Gasteiger partial charge is 0.408 e. The van der Waals surface area contributed by atoms with Crippen LogP contribution < -0.4 is 10.9 Å². The fraction of sp³-hybridized carbons (Fsp3) is 0.320. The summed E-state index contributed by atoms with van der Waals surface area (Å²) in [7, 11) is 0. The van der Waals surface area contributed by atoms with Crippen LogP contribution in [0, 0.1) is 0 Å². The molecule has 1 N–H and O–H groups in total. The first-order chi connectivity index (χ1) is 16.6. The van der Waals surface area contributed by atoms with Gasteiger partial charge in [-0.15, -0.1) is 0 Å². The number of esters is 2. The average molecular weight is 477 g/mol. The van der Waals surface area contributed by atoms with E-state index in [1.54, 1.807) is 31.4 Å². The van der Waals surface area contributed by atoms with Crippen molar-refractivity contribution in [2.75, 3.05) is 6.54 Å². The Morgan fingerprint density at radius 1 is 1.20 bits per heavy atom. The van der Waals surface area contributed by atoms with Gasteiger partial charge in [0.05, 0.1) is 29.0 Å². The molecule has 0 spiro atoms. The van der Waals surface area contributed by atoms with E-state index in [2.05, 4.69) is 5.32 Å². The maximum atomic E-state index is 13.3. The topological polar surface area (TPSA) is 126 Å². The molecular formula is C25H23N3O7. The molecule has 1 aromatic carbocycles. The van der Waals surface area contributed by atoms with E-state index in [1.807, 2.05) is 30.3 Å². The Morgan fingerprint density at radius 2 is 1.97 bits per heavy atom. The highest BCUT2D eigenvalue weighted by Gasteiger charge is 2.37. The zero-order valence-electron chi connectivity index (χ0n) is 19.4. The SMILES string of the molecule is CC(C)(C)OC(=O)NCC(=O)OC1C(=O)OCc2c1cc1n(c2=O)Cc2cc3ccccc3nc2-1. The molecule has 35 heavy (non-hydrogen) atoms. The third-order valence-electron chi connectivity index (χ3n) is 5.69. The Labute approximate surface area is 199 Å². The molecule has 5 rings (SSSR count). The molecule has 3 aromatic rings. The second-order valence-corrected chi connectivity index (χ2v) is 9.38. The van der Waals surface area contributed by atoms with Gasteiger partial charge >= 0.3 is 18.0 Å². The van der Waals surface area contributed by atoms with E-state index in [9.17, 15) is 19.2 Å². The van der Waals surface area contributed by atoms with Gasteiger partial charge in [-0.05, 0) is 39.0 Å². The number of para-hydroxylation sites is 1. The predicted molar refractivity (Wildman–Crippen MR) is 123 cm³/mol. The Morgan fingerprint density at radius 3 is 2.74 bits per heavy atom. The van der Waals surface area contributed by atoms with Gasteiger partial charge < -0.3 is 24.1 Å². The summed E-state index contributed by atoms with van der Waals surface area (Å²) in [6, 6.07) is 11.3. The molecule has 2 aromatic heterocycles. The number of pyridine rings is 2. The van der Waals surface area contributed by atoms with Crippen molar-refractivity contribution in [2.24, 2.45) is 0 Å². The Bertz CT molecular complexity index is 1450. The monoisotopic (exact) mass is 477 g/mol. The number of cyclic esters (lactones) is 1. The van der Waals surface area contributed by atoms with E-state index in [0.717, 1.165) is 16.5 Å². The summed E-state index contributed by atoms with van der Waals surface area (Å²) in [5.41, 5.74) is 2.26. The van der Waals surface area contributed by atoms with E-state index < -0.39 is 36.3 Å². The Balaban J connectivity index is 1.44. The van der Waals surface area contributed by atoms with Gasteiger partial charge in [-0.25, -0.2) is 14.6 Å². The summed E-state index contributed by atoms with van der Waals surface area (Å²) in [5.74, 6) is -1.67. The molecule has 180 valence electrons. The molecule has 1 amide bonds. The van der Waals surface area contributed by atoms with Crippen molar-refractivity contribution in [1.82, 2.24) is 14.9 Å². The first-order valence-electron chi connectivity index (χ1n) is 11.1. The number of carbonyl (C=O) groups excluding carboxylic acids is 3. The normalized spacial score (nSPS) is 16.1. The second kappa shape index (κ2) is 8.23. The molecule has 10 heteroatoms. The van der Waals surface area contributed by atoms with E-state index in [1.165, 1.54) is 0 Å². The van der Waals surface area contributed by atoms with E-state index in [4.69, 9.17) is 19.2 Å². The molecule has 2 aliphatic rings. The number of carbonyl (C=O) groups is 3. The number of aromatic nitrogens is 2. The van der Waals surface area contributed by atoms with Crippen LogP contribution in [0.15, 0.2) is 41.2 Å². The quantitative estimate of drug-likeness (QED) is 0.353. The fourth-order valence-electron chi connectivity index (χ4n) is 4.20. The lowest BCUT2D eigenvalue weighted by Crippen LogP contribution is -2.38. The van der Waals surface area contributed by atoms with Crippen LogP contribution in [-0.4, -0.2) is 39.7 Å². The van der Waals surface area contributed by atoms with Crippen LogP contribution in [0.25, 0.3) is 22.3 Å². The van der Waals surface area contributed by atoms with Crippen LogP contribution in [-0.2, 0) is 37.0 Å². The molecule has 10 nitrogen and oxygen atoms in total. The van der Waals surface area contributed by atoms with Crippen LogP contribution in [0.5, 0.6) is 0 Å². The van der Waals surface area contributed by atoms with E-state index in [0.29, 0.717) is 17.9 Å². The highest BCUT2D eigenvalue weighted by molar-refractivity contribution is 5.86. The molecule has 0 aliphatic carbocycles. The number of nitrogens with one attached hydrogen (secondary N) is 1. The summed E-state index contributed by atoms with van der Waals surface area (Å²) in [5, 5.41) is 3.24. The number of nitrogens with zero attached hydrogens (tertiary/aromatic N) is 2. The summed E-state index contributed by atoms with van der Waals surface area (Å²) >= 11 is 0. The zero-order valence-corrected chi connectivity index (χ0v) is 19.4. The van der Waals surface area contributed by atoms with Crippen LogP contribution >= 0.6 is 0 Å². The summed E-state index contributed by atoms with van der Waals surface area (Å²) in [4.78, 5) is 54.7. The molecule has 0 bridgehead atoms. The van der Waals surface area contributed by atoms with Crippen LogP contribution in [0.2, 0.25) is 0 Å². The minimum atomic E-state index is -1.44. The minimum Gasteiger partial charge on any atom is -0.458 e. The number of rotatable bonds is 3. The molecule has 1 unspecified atom stereocenters.